The van der Waals surface area contributed by atoms with Crippen molar-refractivity contribution in [3.63, 3.8) is 0 Å². The fourth-order valence-corrected chi connectivity index (χ4v) is 3.00. The Kier molecular flexibility index (Phi) is 4.78. The molecule has 4 rings (SSSR count). The monoisotopic (exact) mass is 390 g/mol. The Balaban J connectivity index is 1.78. The second-order valence-corrected chi connectivity index (χ2v) is 6.26. The molecule has 0 aliphatic rings. The molecule has 0 radical (unpaired) electrons. The summed E-state index contributed by atoms with van der Waals surface area (Å²) >= 11 is 0. The molecular formula is C20H18N6O3. The van der Waals surface area contributed by atoms with Crippen LogP contribution in [-0.4, -0.2) is 42.7 Å². The molecule has 0 unspecified atom stereocenters. The number of rotatable bonds is 6. The fourth-order valence-electron chi connectivity index (χ4n) is 3.00. The minimum absolute atomic E-state index is 0.0766. The van der Waals surface area contributed by atoms with Crippen molar-refractivity contribution in [1.82, 2.24) is 24.5 Å². The predicted molar refractivity (Wildman–Crippen MR) is 106 cm³/mol. The lowest BCUT2D eigenvalue weighted by Crippen LogP contribution is -2.11. The highest BCUT2D eigenvalue weighted by Gasteiger charge is 2.20. The van der Waals surface area contributed by atoms with E-state index >= 15 is 0 Å². The van der Waals surface area contributed by atoms with Crippen molar-refractivity contribution in [3.8, 4) is 12.0 Å². The van der Waals surface area contributed by atoms with E-state index in [2.05, 4.69) is 25.3 Å². The zero-order valence-corrected chi connectivity index (χ0v) is 15.8. The van der Waals surface area contributed by atoms with Gasteiger partial charge in [0, 0.05) is 6.54 Å². The summed E-state index contributed by atoms with van der Waals surface area (Å²) in [5.41, 5.74) is 1.99. The summed E-state index contributed by atoms with van der Waals surface area (Å²) in [7, 11) is 1.46. The number of benzene rings is 2. The number of hydrogen-bond acceptors (Lipinski definition) is 7. The first-order valence-electron chi connectivity index (χ1n) is 8.86. The predicted octanol–water partition coefficient (Wildman–Crippen LogP) is 2.84. The number of imidazole rings is 1. The Hall–Kier alpha value is -4.01. The van der Waals surface area contributed by atoms with Crippen LogP contribution in [0.3, 0.4) is 0 Å². The Bertz CT molecular complexity index is 1190. The van der Waals surface area contributed by atoms with Crippen molar-refractivity contribution in [1.29, 1.82) is 0 Å². The molecule has 0 fully saturated rings. The van der Waals surface area contributed by atoms with Gasteiger partial charge in [-0.15, -0.1) is 0 Å². The molecular weight excluding hydrogens is 372 g/mol. The molecule has 2 heterocycles. The van der Waals surface area contributed by atoms with Gasteiger partial charge in [-0.05, 0) is 24.6 Å². The minimum atomic E-state index is -1.07. The van der Waals surface area contributed by atoms with E-state index < -0.39 is 5.97 Å². The van der Waals surface area contributed by atoms with Crippen LogP contribution in [0.2, 0.25) is 0 Å². The van der Waals surface area contributed by atoms with Crippen molar-refractivity contribution in [2.75, 3.05) is 12.4 Å². The number of fused-ring (bicyclic) bond motifs is 1. The summed E-state index contributed by atoms with van der Waals surface area (Å²) in [6.07, 6.45) is 0. The van der Waals surface area contributed by atoms with E-state index in [-0.39, 0.29) is 17.5 Å². The number of carboxylic acids is 1. The standard InChI is InChI=1S/C20H18N6O3/c1-12-22-18(21-11-13-7-4-3-5-8-13)25-19(23-12)26-15-10-6-9-14(17(27)28)16(15)24-20(26)29-2/h3-10H,11H2,1-2H3,(H,27,28)(H,21,22,23,25). The topological polar surface area (TPSA) is 115 Å². The fraction of sp³-hybridized carbons (Fsp3) is 0.150. The number of para-hydroxylation sites is 1. The summed E-state index contributed by atoms with van der Waals surface area (Å²) in [6, 6.07) is 15.0. The first-order valence-corrected chi connectivity index (χ1v) is 8.86. The molecule has 9 heteroatoms. The van der Waals surface area contributed by atoms with Gasteiger partial charge in [0.25, 0.3) is 0 Å². The molecule has 2 aromatic heterocycles. The Morgan fingerprint density at radius 2 is 1.86 bits per heavy atom. The van der Waals surface area contributed by atoms with Crippen LogP contribution in [0, 0.1) is 6.92 Å². The molecule has 0 bridgehead atoms. The van der Waals surface area contributed by atoms with E-state index in [4.69, 9.17) is 4.74 Å². The highest BCUT2D eigenvalue weighted by atomic mass is 16.5. The van der Waals surface area contributed by atoms with Gasteiger partial charge < -0.3 is 15.2 Å². The first kappa shape index (κ1) is 18.4. The average Bonchev–Trinajstić information content (AvgIpc) is 3.11. The molecule has 146 valence electrons. The van der Waals surface area contributed by atoms with E-state index in [1.807, 2.05) is 30.3 Å². The summed E-state index contributed by atoms with van der Waals surface area (Å²) in [4.78, 5) is 29.1. The molecule has 0 aliphatic heterocycles. The third kappa shape index (κ3) is 3.57. The minimum Gasteiger partial charge on any atom is -0.478 e. The summed E-state index contributed by atoms with van der Waals surface area (Å²) in [6.45, 7) is 2.31. The van der Waals surface area contributed by atoms with Crippen molar-refractivity contribution in [2.45, 2.75) is 13.5 Å². The third-order valence-corrected chi connectivity index (χ3v) is 4.30. The maximum Gasteiger partial charge on any atom is 0.337 e. The zero-order valence-electron chi connectivity index (χ0n) is 15.8. The second-order valence-electron chi connectivity index (χ2n) is 6.26. The number of anilines is 1. The smallest absolute Gasteiger partial charge is 0.337 e. The molecule has 0 aliphatic carbocycles. The van der Waals surface area contributed by atoms with Crippen LogP contribution in [0.15, 0.2) is 48.5 Å². The molecule has 9 nitrogen and oxygen atoms in total. The Morgan fingerprint density at radius 1 is 1.07 bits per heavy atom. The number of carboxylic acid groups (broad SMARTS) is 1. The number of nitrogens with zero attached hydrogens (tertiary/aromatic N) is 5. The Morgan fingerprint density at radius 3 is 2.59 bits per heavy atom. The van der Waals surface area contributed by atoms with Gasteiger partial charge >= 0.3 is 12.0 Å². The number of aromatic carboxylic acids is 1. The lowest BCUT2D eigenvalue weighted by atomic mass is 10.2. The van der Waals surface area contributed by atoms with Gasteiger partial charge in [-0.25, -0.2) is 9.36 Å². The third-order valence-electron chi connectivity index (χ3n) is 4.30. The number of aromatic nitrogens is 5. The number of carbonyl (C=O) groups is 1. The quantitative estimate of drug-likeness (QED) is 0.516. The van der Waals surface area contributed by atoms with Crippen LogP contribution < -0.4 is 10.1 Å². The number of methoxy groups -OCH3 is 1. The van der Waals surface area contributed by atoms with Crippen molar-refractivity contribution < 1.29 is 14.6 Å². The number of hydrogen-bond donors (Lipinski definition) is 2. The normalized spacial score (nSPS) is 10.8. The maximum absolute atomic E-state index is 11.5. The van der Waals surface area contributed by atoms with Gasteiger partial charge in [0.1, 0.15) is 11.3 Å². The van der Waals surface area contributed by atoms with Crippen molar-refractivity contribution >= 4 is 23.0 Å². The van der Waals surface area contributed by atoms with Crippen LogP contribution in [0.1, 0.15) is 21.7 Å². The maximum atomic E-state index is 11.5. The molecule has 0 atom stereocenters. The number of nitrogens with one attached hydrogen (secondary N) is 1. The summed E-state index contributed by atoms with van der Waals surface area (Å²) < 4.78 is 6.94. The summed E-state index contributed by atoms with van der Waals surface area (Å²) in [5, 5.41) is 12.6. The van der Waals surface area contributed by atoms with Gasteiger partial charge in [-0.1, -0.05) is 36.4 Å². The molecule has 2 N–H and O–H groups in total. The highest BCUT2D eigenvalue weighted by Crippen LogP contribution is 2.27. The zero-order chi connectivity index (χ0) is 20.4. The Labute approximate surface area is 166 Å². The van der Waals surface area contributed by atoms with Gasteiger partial charge in [0.05, 0.1) is 18.2 Å². The van der Waals surface area contributed by atoms with Crippen molar-refractivity contribution in [2.24, 2.45) is 0 Å². The molecule has 0 amide bonds. The largest absolute Gasteiger partial charge is 0.478 e. The van der Waals surface area contributed by atoms with E-state index in [1.54, 1.807) is 23.6 Å². The van der Waals surface area contributed by atoms with Gasteiger partial charge in [-0.3, -0.25) is 0 Å². The van der Waals surface area contributed by atoms with E-state index in [9.17, 15) is 9.90 Å². The number of aryl methyl sites for hydroxylation is 1. The number of ether oxygens (including phenoxy) is 1. The van der Waals surface area contributed by atoms with Crippen LogP contribution in [0.25, 0.3) is 17.0 Å². The molecule has 0 saturated carbocycles. The van der Waals surface area contributed by atoms with E-state index in [0.717, 1.165) is 5.56 Å². The van der Waals surface area contributed by atoms with Crippen LogP contribution in [0.4, 0.5) is 5.95 Å². The SMILES string of the molecule is COc1nc2c(C(=O)O)cccc2n1-c1nc(C)nc(NCc2ccccc2)n1. The second kappa shape index (κ2) is 7.55. The van der Waals surface area contributed by atoms with Crippen molar-refractivity contribution in [3.05, 3.63) is 65.5 Å². The molecule has 0 spiro atoms. The van der Waals surface area contributed by atoms with Crippen LogP contribution in [0.5, 0.6) is 6.01 Å². The van der Waals surface area contributed by atoms with E-state index in [1.165, 1.54) is 13.2 Å². The molecule has 29 heavy (non-hydrogen) atoms. The summed E-state index contributed by atoms with van der Waals surface area (Å²) in [5.74, 6) is 0.119. The lowest BCUT2D eigenvalue weighted by molar-refractivity contribution is 0.0699. The lowest BCUT2D eigenvalue weighted by Gasteiger charge is -2.10. The van der Waals surface area contributed by atoms with Gasteiger partial charge in [-0.2, -0.15) is 19.9 Å². The van der Waals surface area contributed by atoms with Crippen LogP contribution in [-0.2, 0) is 6.54 Å². The average molecular weight is 390 g/mol. The van der Waals surface area contributed by atoms with Gasteiger partial charge in [0.2, 0.25) is 11.9 Å². The highest BCUT2D eigenvalue weighted by molar-refractivity contribution is 6.01. The van der Waals surface area contributed by atoms with Crippen LogP contribution >= 0.6 is 0 Å². The molecule has 2 aromatic carbocycles. The molecule has 0 saturated heterocycles. The van der Waals surface area contributed by atoms with E-state index in [0.29, 0.717) is 29.4 Å². The first-order chi connectivity index (χ1) is 14.1. The van der Waals surface area contributed by atoms with Gasteiger partial charge in [0.15, 0.2) is 0 Å². The molecule has 4 aromatic rings.